The van der Waals surface area contributed by atoms with E-state index in [1.165, 1.54) is 0 Å². The number of anilines is 1. The minimum atomic E-state index is -1.14. The van der Waals surface area contributed by atoms with Crippen LogP contribution in [0.25, 0.3) is 10.6 Å². The molecule has 3 aromatic rings. The molecule has 32 heavy (non-hydrogen) atoms. The summed E-state index contributed by atoms with van der Waals surface area (Å²) in [6.07, 6.45) is 4.18. The van der Waals surface area contributed by atoms with Gasteiger partial charge >= 0.3 is 0 Å². The van der Waals surface area contributed by atoms with Crippen molar-refractivity contribution in [2.45, 2.75) is 57.7 Å². The lowest BCUT2D eigenvalue weighted by Gasteiger charge is -2.44. The highest BCUT2D eigenvalue weighted by Gasteiger charge is 2.49. The lowest BCUT2D eigenvalue weighted by atomic mass is 9.92. The quantitative estimate of drug-likeness (QED) is 0.582. The molecular weight excluding hydrogens is 444 g/mol. The Morgan fingerprint density at radius 3 is 2.75 bits per heavy atom. The molecule has 1 atom stereocenters. The maximum atomic E-state index is 13.9. The fourth-order valence-corrected chi connectivity index (χ4v) is 5.59. The maximum absolute atomic E-state index is 13.9. The van der Waals surface area contributed by atoms with Crippen molar-refractivity contribution in [1.29, 1.82) is 0 Å². The maximum Gasteiger partial charge on any atom is 0.277 e. The van der Waals surface area contributed by atoms with Gasteiger partial charge in [0.15, 0.2) is 0 Å². The smallest absolute Gasteiger partial charge is 0.277 e. The molecule has 2 amide bonds. The highest BCUT2D eigenvalue weighted by atomic mass is 35.5. The summed E-state index contributed by atoms with van der Waals surface area (Å²) in [6, 6.07) is 11.3. The average Bonchev–Trinajstić information content (AvgIpc) is 3.51. The number of rotatable bonds is 4. The molecule has 0 spiro atoms. The van der Waals surface area contributed by atoms with Crippen LogP contribution in [-0.4, -0.2) is 33.2 Å². The molecule has 1 aromatic carbocycles. The van der Waals surface area contributed by atoms with E-state index in [4.69, 9.17) is 16.7 Å². The molecule has 166 valence electrons. The Morgan fingerprint density at radius 1 is 1.25 bits per heavy atom. The van der Waals surface area contributed by atoms with Gasteiger partial charge in [-0.05, 0) is 61.9 Å². The number of fused-ring (bicyclic) bond motifs is 1. The van der Waals surface area contributed by atoms with Crippen molar-refractivity contribution < 1.29 is 9.59 Å². The Labute approximate surface area is 196 Å². The fraction of sp³-hybridized carbons (Fsp3) is 0.375. The Bertz CT molecular complexity index is 1180. The van der Waals surface area contributed by atoms with E-state index in [1.807, 2.05) is 43.5 Å². The summed E-state index contributed by atoms with van der Waals surface area (Å²) in [6.45, 7) is 4.02. The Kier molecular flexibility index (Phi) is 5.34. The molecular formula is C24H25ClN4O2S. The van der Waals surface area contributed by atoms with E-state index in [-0.39, 0.29) is 24.4 Å². The van der Waals surface area contributed by atoms with Gasteiger partial charge in [0.1, 0.15) is 16.9 Å². The molecule has 0 saturated heterocycles. The zero-order valence-corrected chi connectivity index (χ0v) is 19.7. The predicted molar refractivity (Wildman–Crippen MR) is 127 cm³/mol. The van der Waals surface area contributed by atoms with E-state index in [0.29, 0.717) is 16.4 Å². The van der Waals surface area contributed by atoms with E-state index in [1.54, 1.807) is 33.1 Å². The first kappa shape index (κ1) is 21.2. The highest BCUT2D eigenvalue weighted by molar-refractivity contribution is 7.13. The van der Waals surface area contributed by atoms with Crippen molar-refractivity contribution in [2.75, 3.05) is 4.90 Å². The summed E-state index contributed by atoms with van der Waals surface area (Å²) in [4.78, 5) is 30.1. The third-order valence-electron chi connectivity index (χ3n) is 6.52. The van der Waals surface area contributed by atoms with Gasteiger partial charge in [-0.25, -0.2) is 0 Å². The molecule has 2 aliphatic rings. The van der Waals surface area contributed by atoms with Gasteiger partial charge in [0, 0.05) is 16.8 Å². The van der Waals surface area contributed by atoms with Crippen LogP contribution in [0.3, 0.4) is 0 Å². The molecule has 8 heteroatoms. The molecule has 6 nitrogen and oxygen atoms in total. The van der Waals surface area contributed by atoms with Crippen molar-refractivity contribution in [2.24, 2.45) is 0 Å². The van der Waals surface area contributed by atoms with Crippen LogP contribution in [0.15, 0.2) is 41.8 Å². The van der Waals surface area contributed by atoms with Gasteiger partial charge in [-0.15, -0.1) is 11.3 Å². The lowest BCUT2D eigenvalue weighted by Crippen LogP contribution is -2.65. The van der Waals surface area contributed by atoms with Crippen molar-refractivity contribution in [3.05, 3.63) is 58.1 Å². The van der Waals surface area contributed by atoms with Gasteiger partial charge in [-0.1, -0.05) is 36.6 Å². The van der Waals surface area contributed by atoms with Crippen molar-refractivity contribution >= 4 is 40.4 Å². The number of aromatic nitrogens is 2. The van der Waals surface area contributed by atoms with E-state index < -0.39 is 5.54 Å². The topological polar surface area (TPSA) is 67.2 Å². The number of hydrogen-bond acceptors (Lipinski definition) is 4. The van der Waals surface area contributed by atoms with Crippen LogP contribution >= 0.6 is 22.9 Å². The molecule has 1 aliphatic heterocycles. The molecule has 1 unspecified atom stereocenters. The third kappa shape index (κ3) is 3.53. The van der Waals surface area contributed by atoms with E-state index in [0.717, 1.165) is 41.8 Å². The van der Waals surface area contributed by atoms with Crippen LogP contribution in [0, 0.1) is 6.92 Å². The van der Waals surface area contributed by atoms with Crippen molar-refractivity contribution in [1.82, 2.24) is 15.1 Å². The van der Waals surface area contributed by atoms with Crippen molar-refractivity contribution in [3.8, 4) is 10.6 Å². The molecule has 0 bridgehead atoms. The summed E-state index contributed by atoms with van der Waals surface area (Å²) in [5, 5.41) is 10.4. The first-order valence-corrected chi connectivity index (χ1v) is 12.2. The minimum Gasteiger partial charge on any atom is -0.351 e. The Balaban J connectivity index is 1.61. The van der Waals surface area contributed by atoms with Crippen LogP contribution in [0.2, 0.25) is 5.02 Å². The van der Waals surface area contributed by atoms with Gasteiger partial charge in [0.2, 0.25) is 5.91 Å². The summed E-state index contributed by atoms with van der Waals surface area (Å²) >= 11 is 7.88. The monoisotopic (exact) mass is 468 g/mol. The average molecular weight is 469 g/mol. The van der Waals surface area contributed by atoms with E-state index >= 15 is 0 Å². The zero-order valence-electron chi connectivity index (χ0n) is 18.1. The van der Waals surface area contributed by atoms with Crippen LogP contribution in [-0.2, 0) is 11.3 Å². The van der Waals surface area contributed by atoms with Gasteiger partial charge < -0.3 is 5.32 Å². The number of aryl methyl sites for hydroxylation is 1. The van der Waals surface area contributed by atoms with Gasteiger partial charge in [0.25, 0.3) is 5.91 Å². The number of carbonyl (C=O) groups is 2. The van der Waals surface area contributed by atoms with Crippen LogP contribution in [0.1, 0.15) is 48.7 Å². The molecule has 0 radical (unpaired) electrons. The summed E-state index contributed by atoms with van der Waals surface area (Å²) in [5.41, 5.74) is 1.61. The normalized spacial score (nSPS) is 21.1. The molecule has 1 saturated carbocycles. The van der Waals surface area contributed by atoms with Gasteiger partial charge in [0.05, 0.1) is 11.4 Å². The van der Waals surface area contributed by atoms with Crippen LogP contribution in [0.5, 0.6) is 0 Å². The number of benzene rings is 1. The Hall–Kier alpha value is -2.64. The molecule has 3 heterocycles. The number of nitrogens with zero attached hydrogens (tertiary/aromatic N) is 3. The first-order chi connectivity index (χ1) is 15.4. The fourth-order valence-electron chi connectivity index (χ4n) is 4.74. The molecule has 1 aliphatic carbocycles. The van der Waals surface area contributed by atoms with Gasteiger partial charge in [-0.2, -0.15) is 5.10 Å². The number of carbonyl (C=O) groups excluding carboxylic acids is 2. The second kappa shape index (κ2) is 8.05. The lowest BCUT2D eigenvalue weighted by molar-refractivity contribution is -0.127. The third-order valence-corrected chi connectivity index (χ3v) is 7.65. The van der Waals surface area contributed by atoms with Crippen LogP contribution in [0.4, 0.5) is 5.69 Å². The number of thiophene rings is 1. The standard InChI is InChI=1S/C24H25ClN4O2S/c1-15-9-10-16(25)12-19(15)29-22(30)20-13-18(21-8-5-11-32-21)27-28(20)14-24(29,2)23(31)26-17-6-3-4-7-17/h5,8-13,17H,3-4,6-7,14H2,1-2H3,(H,26,31). The number of amides is 2. The van der Waals surface area contributed by atoms with Crippen molar-refractivity contribution in [3.63, 3.8) is 0 Å². The molecule has 1 fully saturated rings. The Morgan fingerprint density at radius 2 is 2.03 bits per heavy atom. The summed E-state index contributed by atoms with van der Waals surface area (Å²) in [5.74, 6) is -0.406. The van der Waals surface area contributed by atoms with E-state index in [2.05, 4.69) is 5.32 Å². The molecule has 5 rings (SSSR count). The van der Waals surface area contributed by atoms with E-state index in [9.17, 15) is 9.59 Å². The van der Waals surface area contributed by atoms with Crippen LogP contribution < -0.4 is 10.2 Å². The number of halogens is 1. The predicted octanol–water partition coefficient (Wildman–Crippen LogP) is 5.05. The second-order valence-electron chi connectivity index (χ2n) is 8.85. The number of hydrogen-bond donors (Lipinski definition) is 1. The number of nitrogens with one attached hydrogen (secondary N) is 1. The minimum absolute atomic E-state index is 0.150. The summed E-state index contributed by atoms with van der Waals surface area (Å²) < 4.78 is 1.68. The second-order valence-corrected chi connectivity index (χ2v) is 10.2. The molecule has 2 aromatic heterocycles. The summed E-state index contributed by atoms with van der Waals surface area (Å²) in [7, 11) is 0. The molecule has 1 N–H and O–H groups in total. The SMILES string of the molecule is Cc1ccc(Cl)cc1N1C(=O)c2cc(-c3cccs3)nn2CC1(C)C(=O)NC1CCCC1. The first-order valence-electron chi connectivity index (χ1n) is 10.9. The largest absolute Gasteiger partial charge is 0.351 e. The van der Waals surface area contributed by atoms with Gasteiger partial charge in [-0.3, -0.25) is 19.2 Å². The highest BCUT2D eigenvalue weighted by Crippen LogP contribution is 2.37. The zero-order chi connectivity index (χ0) is 22.5.